The molecule has 0 bridgehead atoms. The summed E-state index contributed by atoms with van der Waals surface area (Å²) >= 11 is 0. The van der Waals surface area contributed by atoms with Crippen molar-refractivity contribution in [3.63, 3.8) is 0 Å². The van der Waals surface area contributed by atoms with Gasteiger partial charge in [0.05, 0.1) is 42.7 Å². The van der Waals surface area contributed by atoms with Crippen LogP contribution in [0.4, 0.5) is 0 Å². The molecule has 2 rings (SSSR count). The number of likely N-dealkylation sites (tertiary alicyclic amines) is 1. The monoisotopic (exact) mass is 701 g/mol. The molecule has 50 heavy (non-hydrogen) atoms. The van der Waals surface area contributed by atoms with Gasteiger partial charge in [-0.1, -0.05) is 71.4 Å². The summed E-state index contributed by atoms with van der Waals surface area (Å²) in [6, 6.07) is 8.66. The van der Waals surface area contributed by atoms with Gasteiger partial charge >= 0.3 is 0 Å². The molecule has 0 saturated carbocycles. The summed E-state index contributed by atoms with van der Waals surface area (Å²) in [6.07, 6.45) is 3.53. The van der Waals surface area contributed by atoms with Crippen LogP contribution in [-0.2, 0) is 35.1 Å². The lowest BCUT2D eigenvalue weighted by Crippen LogP contribution is -2.55. The molecule has 0 spiro atoms. The highest BCUT2D eigenvalue weighted by molar-refractivity contribution is 5.90. The summed E-state index contributed by atoms with van der Waals surface area (Å²) in [6.45, 7) is 12.4. The number of nitrogens with zero attached hydrogens (tertiary/aromatic N) is 3. The van der Waals surface area contributed by atoms with Gasteiger partial charge in [0, 0.05) is 52.6 Å². The molecule has 10 heteroatoms. The standard InChI is InChI=1S/C40H68N4O6/c1-12-27(4)38(43(9)40(48)31(29(6)41)24-34(46)37(26(2)3)42(7)8)35(49-10)25-36(47)44-23-17-21-32(44)39(50-11)28(5)33(45)22-16-20-30-18-14-13-15-19-30/h13-15,18-19,26-29,31-32,35,37-39H,12,16-17,20-25,41H2,1-11H3/t27-,28-,29-,31+,32-,35+,37-,38-,39+/m0/s1. The first-order chi connectivity index (χ1) is 23.6. The van der Waals surface area contributed by atoms with Crippen LogP contribution in [0.15, 0.2) is 30.3 Å². The molecule has 1 aliphatic heterocycles. The minimum Gasteiger partial charge on any atom is -0.379 e. The van der Waals surface area contributed by atoms with Gasteiger partial charge in [0.25, 0.3) is 0 Å². The number of ketones is 2. The fourth-order valence-corrected chi connectivity index (χ4v) is 8.03. The number of Topliss-reactive ketones (excluding diaryl/α,β-unsaturated/α-hetero) is 2. The number of aryl methyl sites for hydroxylation is 1. The van der Waals surface area contributed by atoms with Crippen molar-refractivity contribution in [2.24, 2.45) is 29.4 Å². The maximum Gasteiger partial charge on any atom is 0.227 e. The lowest BCUT2D eigenvalue weighted by molar-refractivity contribution is -0.148. The summed E-state index contributed by atoms with van der Waals surface area (Å²) in [7, 11) is 8.70. The normalized spacial score (nSPS) is 19.8. The van der Waals surface area contributed by atoms with E-state index in [1.165, 1.54) is 5.56 Å². The van der Waals surface area contributed by atoms with Crippen LogP contribution in [0, 0.1) is 23.7 Å². The molecule has 1 fully saturated rings. The first-order valence-corrected chi connectivity index (χ1v) is 18.7. The molecule has 284 valence electrons. The van der Waals surface area contributed by atoms with E-state index >= 15 is 0 Å². The zero-order valence-electron chi connectivity index (χ0n) is 32.9. The molecular weight excluding hydrogens is 632 g/mol. The molecule has 1 saturated heterocycles. The lowest BCUT2D eigenvalue weighted by atomic mass is 9.85. The number of carbonyl (C=O) groups excluding carboxylic acids is 4. The Morgan fingerprint density at radius 1 is 0.940 bits per heavy atom. The molecule has 1 aromatic carbocycles. The highest BCUT2D eigenvalue weighted by atomic mass is 16.5. The Morgan fingerprint density at radius 2 is 1.58 bits per heavy atom. The van der Waals surface area contributed by atoms with E-state index in [1.807, 2.05) is 62.9 Å². The lowest BCUT2D eigenvalue weighted by Gasteiger charge is -2.41. The van der Waals surface area contributed by atoms with Crippen LogP contribution in [0.25, 0.3) is 0 Å². The molecule has 0 aliphatic carbocycles. The minimum absolute atomic E-state index is 0.00551. The van der Waals surface area contributed by atoms with E-state index in [-0.39, 0.29) is 66.1 Å². The second-order valence-corrected chi connectivity index (χ2v) is 15.2. The van der Waals surface area contributed by atoms with Gasteiger partial charge in [-0.3, -0.25) is 24.1 Å². The van der Waals surface area contributed by atoms with Crippen LogP contribution in [0.1, 0.15) is 92.1 Å². The SMILES string of the molecule is CC[C@H](C)[C@@H]([C@@H](CC(=O)N1CCC[C@H]1[C@H](OC)[C@@H](C)C(=O)CCCc1ccccc1)OC)N(C)C(=O)[C@H](CC(=O)[C@H](C(C)C)N(C)C)[C@H](C)N. The smallest absolute Gasteiger partial charge is 0.227 e. The first-order valence-electron chi connectivity index (χ1n) is 18.7. The molecule has 1 aliphatic rings. The van der Waals surface area contributed by atoms with Crippen LogP contribution in [0.3, 0.4) is 0 Å². The largest absolute Gasteiger partial charge is 0.379 e. The molecule has 2 N–H and O–H groups in total. The van der Waals surface area contributed by atoms with Crippen molar-refractivity contribution < 1.29 is 28.7 Å². The van der Waals surface area contributed by atoms with Gasteiger partial charge in [-0.15, -0.1) is 0 Å². The third-order valence-electron chi connectivity index (χ3n) is 11.0. The Balaban J connectivity index is 2.21. The number of amides is 2. The van der Waals surface area contributed by atoms with Gasteiger partial charge in [0.1, 0.15) is 5.78 Å². The van der Waals surface area contributed by atoms with Crippen LogP contribution in [-0.4, -0.2) is 116 Å². The van der Waals surface area contributed by atoms with Gasteiger partial charge in [0.2, 0.25) is 11.8 Å². The Hall–Kier alpha value is -2.66. The van der Waals surface area contributed by atoms with Crippen molar-refractivity contribution in [3.8, 4) is 0 Å². The average Bonchev–Trinajstić information content (AvgIpc) is 3.56. The van der Waals surface area contributed by atoms with Gasteiger partial charge < -0.3 is 25.0 Å². The summed E-state index contributed by atoms with van der Waals surface area (Å²) in [4.78, 5) is 60.5. The topological polar surface area (TPSA) is 122 Å². The number of hydrogen-bond acceptors (Lipinski definition) is 8. The molecule has 2 amide bonds. The minimum atomic E-state index is -0.703. The van der Waals surface area contributed by atoms with E-state index in [0.717, 1.165) is 32.1 Å². The van der Waals surface area contributed by atoms with Crippen LogP contribution in [0.2, 0.25) is 0 Å². The van der Waals surface area contributed by atoms with Crippen molar-refractivity contribution in [2.45, 2.75) is 129 Å². The molecule has 10 nitrogen and oxygen atoms in total. The number of likely N-dealkylation sites (N-methyl/N-ethyl adjacent to an activating group) is 2. The average molecular weight is 701 g/mol. The Labute approximate surface area is 302 Å². The van der Waals surface area contributed by atoms with E-state index in [0.29, 0.717) is 13.0 Å². The highest BCUT2D eigenvalue weighted by Crippen LogP contribution is 2.31. The maximum absolute atomic E-state index is 14.2. The van der Waals surface area contributed by atoms with E-state index in [9.17, 15) is 19.2 Å². The second-order valence-electron chi connectivity index (χ2n) is 15.2. The fraction of sp³-hybridized carbons (Fsp3) is 0.750. The third kappa shape index (κ3) is 11.7. The molecule has 0 aromatic heterocycles. The third-order valence-corrected chi connectivity index (χ3v) is 11.0. The van der Waals surface area contributed by atoms with Crippen molar-refractivity contribution in [3.05, 3.63) is 35.9 Å². The van der Waals surface area contributed by atoms with Crippen molar-refractivity contribution in [1.82, 2.24) is 14.7 Å². The zero-order chi connectivity index (χ0) is 37.7. The van der Waals surface area contributed by atoms with Crippen molar-refractivity contribution in [1.29, 1.82) is 0 Å². The Bertz CT molecular complexity index is 1200. The van der Waals surface area contributed by atoms with Crippen molar-refractivity contribution in [2.75, 3.05) is 41.9 Å². The highest BCUT2D eigenvalue weighted by Gasteiger charge is 2.43. The summed E-state index contributed by atoms with van der Waals surface area (Å²) in [5, 5.41) is 0. The zero-order valence-corrected chi connectivity index (χ0v) is 32.9. The quantitative estimate of drug-likeness (QED) is 0.179. The Morgan fingerprint density at radius 3 is 2.10 bits per heavy atom. The van der Waals surface area contributed by atoms with Gasteiger partial charge in [-0.05, 0) is 64.1 Å². The van der Waals surface area contributed by atoms with Crippen LogP contribution < -0.4 is 5.73 Å². The summed E-state index contributed by atoms with van der Waals surface area (Å²) < 4.78 is 12.0. The van der Waals surface area contributed by atoms with E-state index in [2.05, 4.69) is 26.0 Å². The second kappa shape index (κ2) is 21.0. The van der Waals surface area contributed by atoms with E-state index in [1.54, 1.807) is 33.1 Å². The predicted octanol–water partition coefficient (Wildman–Crippen LogP) is 5.01. The van der Waals surface area contributed by atoms with Gasteiger partial charge in [-0.25, -0.2) is 0 Å². The maximum atomic E-state index is 14.2. The molecule has 0 radical (unpaired) electrons. The van der Waals surface area contributed by atoms with Crippen LogP contribution >= 0.6 is 0 Å². The summed E-state index contributed by atoms with van der Waals surface area (Å²) in [5.41, 5.74) is 7.58. The number of nitrogens with two attached hydrogens (primary N) is 1. The number of ether oxygens (including phenoxy) is 2. The molecule has 0 unspecified atom stereocenters. The first kappa shape index (κ1) is 43.5. The number of hydrogen-bond donors (Lipinski definition) is 1. The number of methoxy groups -OCH3 is 2. The predicted molar refractivity (Wildman–Crippen MR) is 200 cm³/mol. The molecule has 1 heterocycles. The number of rotatable bonds is 22. The summed E-state index contributed by atoms with van der Waals surface area (Å²) in [5.74, 6) is -1.13. The molecule has 1 aromatic rings. The van der Waals surface area contributed by atoms with Gasteiger partial charge in [-0.2, -0.15) is 0 Å². The van der Waals surface area contributed by atoms with Crippen LogP contribution in [0.5, 0.6) is 0 Å². The molecule has 9 atom stereocenters. The van der Waals surface area contributed by atoms with E-state index < -0.39 is 30.2 Å². The molecular formula is C40H68N4O6. The van der Waals surface area contributed by atoms with Gasteiger partial charge in [0.15, 0.2) is 5.78 Å². The number of carbonyl (C=O) groups is 4. The number of benzene rings is 1. The van der Waals surface area contributed by atoms with E-state index in [4.69, 9.17) is 15.2 Å². The fourth-order valence-electron chi connectivity index (χ4n) is 8.03. The Kier molecular flexibility index (Phi) is 18.3. The van der Waals surface area contributed by atoms with Crippen molar-refractivity contribution >= 4 is 23.4 Å².